The number of rotatable bonds is 6. The van der Waals surface area contributed by atoms with Gasteiger partial charge in [-0.2, -0.15) is 5.10 Å². The number of primary amides is 1. The number of amides is 1. The third kappa shape index (κ3) is 5.03. The van der Waals surface area contributed by atoms with Gasteiger partial charge in [0.1, 0.15) is 0 Å². The number of aromatic nitrogens is 2. The van der Waals surface area contributed by atoms with Crippen molar-refractivity contribution in [2.24, 2.45) is 12.8 Å². The van der Waals surface area contributed by atoms with Crippen LogP contribution in [0.15, 0.2) is 60.5 Å². The van der Waals surface area contributed by atoms with Crippen LogP contribution in [0, 0.1) is 0 Å². The molecule has 1 aliphatic heterocycles. The first-order chi connectivity index (χ1) is 15.0. The Balaban J connectivity index is 1.46. The Morgan fingerprint density at radius 3 is 2.77 bits per heavy atom. The van der Waals surface area contributed by atoms with Crippen molar-refractivity contribution in [1.29, 1.82) is 0 Å². The summed E-state index contributed by atoms with van der Waals surface area (Å²) in [6.45, 7) is 2.89. The topological polar surface area (TPSA) is 84.4 Å². The van der Waals surface area contributed by atoms with Crippen molar-refractivity contribution in [2.45, 2.75) is 25.8 Å². The second-order valence-electron chi connectivity index (χ2n) is 8.09. The summed E-state index contributed by atoms with van der Waals surface area (Å²) in [6.07, 6.45) is 6.55. The SMILES string of the molecule is Cn1cc(CCN2CCCc3cc(C=C(O)C(N)=O)ccc3C2)c(-c2ccccc2)n1. The summed E-state index contributed by atoms with van der Waals surface area (Å²) in [5.41, 5.74) is 12.0. The van der Waals surface area contributed by atoms with Crippen LogP contribution in [0.4, 0.5) is 0 Å². The van der Waals surface area contributed by atoms with Crippen LogP contribution in [-0.2, 0) is 31.2 Å². The molecule has 3 aromatic rings. The highest BCUT2D eigenvalue weighted by molar-refractivity contribution is 5.94. The number of hydrogen-bond donors (Lipinski definition) is 2. The van der Waals surface area contributed by atoms with E-state index in [1.54, 1.807) is 0 Å². The van der Waals surface area contributed by atoms with Crippen LogP contribution in [-0.4, -0.2) is 38.8 Å². The minimum atomic E-state index is -0.814. The third-order valence-electron chi connectivity index (χ3n) is 5.75. The van der Waals surface area contributed by atoms with Crippen LogP contribution in [0.25, 0.3) is 17.3 Å². The van der Waals surface area contributed by atoms with E-state index in [0.29, 0.717) is 0 Å². The molecular weight excluding hydrogens is 388 g/mol. The van der Waals surface area contributed by atoms with Crippen molar-refractivity contribution in [3.63, 3.8) is 0 Å². The maximum atomic E-state index is 11.1. The average Bonchev–Trinajstić information content (AvgIpc) is 3.01. The molecule has 0 saturated heterocycles. The highest BCUT2D eigenvalue weighted by atomic mass is 16.3. The van der Waals surface area contributed by atoms with E-state index in [9.17, 15) is 9.90 Å². The van der Waals surface area contributed by atoms with E-state index in [-0.39, 0.29) is 0 Å². The van der Waals surface area contributed by atoms with E-state index in [1.807, 2.05) is 42.1 Å². The molecule has 0 aliphatic carbocycles. The van der Waals surface area contributed by atoms with Gasteiger partial charge in [0.05, 0.1) is 5.69 Å². The molecule has 1 aromatic heterocycles. The number of fused-ring (bicyclic) bond motifs is 1. The molecule has 0 unspecified atom stereocenters. The number of nitrogens with two attached hydrogens (primary N) is 1. The summed E-state index contributed by atoms with van der Waals surface area (Å²) in [5, 5.41) is 14.3. The lowest BCUT2D eigenvalue weighted by Crippen LogP contribution is -2.25. The molecule has 3 N–H and O–H groups in total. The Kier molecular flexibility index (Phi) is 6.18. The lowest BCUT2D eigenvalue weighted by atomic mass is 10.0. The fourth-order valence-corrected chi connectivity index (χ4v) is 4.19. The minimum absolute atomic E-state index is 0.416. The van der Waals surface area contributed by atoms with Crippen LogP contribution >= 0.6 is 0 Å². The number of nitrogens with zero attached hydrogens (tertiary/aromatic N) is 3. The average molecular weight is 417 g/mol. The Hall–Kier alpha value is -3.38. The normalized spacial score (nSPS) is 14.8. The first-order valence-corrected chi connectivity index (χ1v) is 10.6. The van der Waals surface area contributed by atoms with E-state index >= 15 is 0 Å². The lowest BCUT2D eigenvalue weighted by molar-refractivity contribution is -0.116. The summed E-state index contributed by atoms with van der Waals surface area (Å²) in [5.74, 6) is -1.23. The first kappa shape index (κ1) is 20.9. The van der Waals surface area contributed by atoms with Gasteiger partial charge in [-0.1, -0.05) is 48.5 Å². The van der Waals surface area contributed by atoms with Crippen LogP contribution < -0.4 is 5.73 Å². The predicted molar refractivity (Wildman–Crippen MR) is 122 cm³/mol. The third-order valence-corrected chi connectivity index (χ3v) is 5.75. The number of aryl methyl sites for hydroxylation is 2. The van der Waals surface area contributed by atoms with Gasteiger partial charge < -0.3 is 10.8 Å². The van der Waals surface area contributed by atoms with Crippen LogP contribution in [0.2, 0.25) is 0 Å². The summed E-state index contributed by atoms with van der Waals surface area (Å²) in [4.78, 5) is 13.6. The van der Waals surface area contributed by atoms with Gasteiger partial charge in [-0.15, -0.1) is 0 Å². The quantitative estimate of drug-likeness (QED) is 0.476. The largest absolute Gasteiger partial charge is 0.503 e. The van der Waals surface area contributed by atoms with E-state index in [0.717, 1.165) is 55.7 Å². The Morgan fingerprint density at radius 2 is 2.00 bits per heavy atom. The highest BCUT2D eigenvalue weighted by Gasteiger charge is 2.17. The van der Waals surface area contributed by atoms with Crippen molar-refractivity contribution in [1.82, 2.24) is 14.7 Å². The number of aliphatic hydroxyl groups excluding tert-OH is 1. The molecule has 6 heteroatoms. The molecule has 6 nitrogen and oxygen atoms in total. The second kappa shape index (κ2) is 9.18. The Labute approximate surface area is 182 Å². The van der Waals surface area contributed by atoms with Crippen molar-refractivity contribution in [2.75, 3.05) is 13.1 Å². The maximum Gasteiger partial charge on any atom is 0.283 e. The second-order valence-corrected chi connectivity index (χ2v) is 8.09. The number of aliphatic hydroxyl groups is 1. The number of carbonyl (C=O) groups is 1. The molecule has 0 fully saturated rings. The van der Waals surface area contributed by atoms with Crippen LogP contribution in [0.5, 0.6) is 0 Å². The van der Waals surface area contributed by atoms with Gasteiger partial charge in [0.2, 0.25) is 0 Å². The van der Waals surface area contributed by atoms with E-state index in [1.165, 1.54) is 22.8 Å². The van der Waals surface area contributed by atoms with Gasteiger partial charge in [0.15, 0.2) is 5.76 Å². The molecule has 0 bridgehead atoms. The van der Waals surface area contributed by atoms with Gasteiger partial charge in [-0.3, -0.25) is 14.4 Å². The van der Waals surface area contributed by atoms with Gasteiger partial charge in [0, 0.05) is 31.9 Å². The molecule has 0 radical (unpaired) electrons. The molecule has 2 heterocycles. The zero-order valence-electron chi connectivity index (χ0n) is 17.8. The van der Waals surface area contributed by atoms with Crippen LogP contribution in [0.1, 0.15) is 28.7 Å². The van der Waals surface area contributed by atoms with Gasteiger partial charge in [-0.05, 0) is 54.1 Å². The predicted octanol–water partition coefficient (Wildman–Crippen LogP) is 3.46. The maximum absolute atomic E-state index is 11.1. The van der Waals surface area contributed by atoms with Crippen molar-refractivity contribution in [3.05, 3.63) is 82.7 Å². The van der Waals surface area contributed by atoms with Crippen molar-refractivity contribution < 1.29 is 9.90 Å². The Morgan fingerprint density at radius 1 is 1.19 bits per heavy atom. The minimum Gasteiger partial charge on any atom is -0.503 e. The molecule has 1 aliphatic rings. The van der Waals surface area contributed by atoms with Crippen molar-refractivity contribution in [3.8, 4) is 11.3 Å². The molecular formula is C25H28N4O2. The smallest absolute Gasteiger partial charge is 0.283 e. The van der Waals surface area contributed by atoms with Gasteiger partial charge in [0.25, 0.3) is 5.91 Å². The van der Waals surface area contributed by atoms with E-state index in [4.69, 9.17) is 5.73 Å². The molecule has 0 saturated carbocycles. The summed E-state index contributed by atoms with van der Waals surface area (Å²) < 4.78 is 1.89. The van der Waals surface area contributed by atoms with Gasteiger partial charge >= 0.3 is 0 Å². The van der Waals surface area contributed by atoms with E-state index < -0.39 is 11.7 Å². The molecule has 2 aromatic carbocycles. The zero-order chi connectivity index (χ0) is 21.8. The van der Waals surface area contributed by atoms with Crippen molar-refractivity contribution >= 4 is 12.0 Å². The fourth-order valence-electron chi connectivity index (χ4n) is 4.19. The van der Waals surface area contributed by atoms with E-state index in [2.05, 4.69) is 34.4 Å². The molecule has 4 rings (SSSR count). The lowest BCUT2D eigenvalue weighted by Gasteiger charge is -2.20. The monoisotopic (exact) mass is 416 g/mol. The molecule has 160 valence electrons. The van der Waals surface area contributed by atoms with Crippen LogP contribution in [0.3, 0.4) is 0 Å². The zero-order valence-corrected chi connectivity index (χ0v) is 17.8. The number of benzene rings is 2. The summed E-state index contributed by atoms with van der Waals surface area (Å²) >= 11 is 0. The summed E-state index contributed by atoms with van der Waals surface area (Å²) in [7, 11) is 1.97. The number of hydrogen-bond acceptors (Lipinski definition) is 4. The highest BCUT2D eigenvalue weighted by Crippen LogP contribution is 2.24. The molecule has 0 spiro atoms. The first-order valence-electron chi connectivity index (χ1n) is 10.6. The number of carbonyl (C=O) groups excluding carboxylic acids is 1. The van der Waals surface area contributed by atoms with Gasteiger partial charge in [-0.25, -0.2) is 0 Å². The fraction of sp³-hybridized carbons (Fsp3) is 0.280. The molecule has 1 amide bonds. The Bertz CT molecular complexity index is 1100. The summed E-state index contributed by atoms with van der Waals surface area (Å²) in [6, 6.07) is 16.4. The standard InChI is InChI=1S/C25H28N4O2/c1-28-16-22(24(27-28)19-6-3-2-4-7-19)11-13-29-12-5-8-20-14-18(9-10-21(20)17-29)15-23(30)25(26)31/h2-4,6-7,9-10,14-16,30H,5,8,11-13,17H2,1H3,(H2,26,31). The molecule has 0 atom stereocenters. The molecule has 31 heavy (non-hydrogen) atoms.